The Morgan fingerprint density at radius 1 is 1.24 bits per heavy atom. The maximum Gasteiger partial charge on any atom is 0.228 e. The fourth-order valence-corrected chi connectivity index (χ4v) is 2.77. The molecule has 6 heteroatoms. The average molecular weight is 363 g/mol. The Hall–Kier alpha value is -1.85. The van der Waals surface area contributed by atoms with Crippen LogP contribution in [0.5, 0.6) is 0 Å². The second-order valence-electron chi connectivity index (χ2n) is 7.05. The number of anilines is 1. The molecule has 0 aliphatic carbocycles. The maximum absolute atomic E-state index is 12.6. The smallest absolute Gasteiger partial charge is 0.228 e. The van der Waals surface area contributed by atoms with Gasteiger partial charge in [0, 0.05) is 12.0 Å². The molecule has 1 fully saturated rings. The van der Waals surface area contributed by atoms with Crippen molar-refractivity contribution >= 4 is 24.1 Å². The molecule has 1 unspecified atom stereocenters. The first kappa shape index (κ1) is 19.5. The highest BCUT2D eigenvalue weighted by Crippen LogP contribution is 2.24. The third-order valence-corrected chi connectivity index (χ3v) is 4.78. The largest absolute Gasteiger partial charge is 0.316 e. The van der Waals surface area contributed by atoms with Crippen LogP contribution in [0.2, 0.25) is 0 Å². The molecule has 136 valence electrons. The molecule has 0 bridgehead atoms. The molecule has 1 aromatic heterocycles. The van der Waals surface area contributed by atoms with E-state index in [0.717, 1.165) is 30.3 Å². The van der Waals surface area contributed by atoms with Crippen LogP contribution in [-0.2, 0) is 4.79 Å². The van der Waals surface area contributed by atoms with Crippen LogP contribution in [-0.4, -0.2) is 28.8 Å². The van der Waals surface area contributed by atoms with Crippen molar-refractivity contribution in [1.82, 2.24) is 15.1 Å². The maximum atomic E-state index is 12.6. The van der Waals surface area contributed by atoms with Crippen molar-refractivity contribution in [2.24, 2.45) is 11.8 Å². The molecule has 1 aliphatic heterocycles. The summed E-state index contributed by atoms with van der Waals surface area (Å²) in [7, 11) is 0. The van der Waals surface area contributed by atoms with Crippen LogP contribution in [0, 0.1) is 18.8 Å². The zero-order chi connectivity index (χ0) is 17.3. The molecule has 5 nitrogen and oxygen atoms in total. The van der Waals surface area contributed by atoms with Crippen LogP contribution >= 0.6 is 12.4 Å². The number of aryl methyl sites for hydroxylation is 1. The van der Waals surface area contributed by atoms with Gasteiger partial charge in [-0.15, -0.1) is 12.4 Å². The predicted octanol–water partition coefficient (Wildman–Crippen LogP) is 3.52. The number of carbonyl (C=O) groups excluding carboxylic acids is 1. The van der Waals surface area contributed by atoms with E-state index in [1.54, 1.807) is 0 Å². The lowest BCUT2D eigenvalue weighted by molar-refractivity contribution is -0.121. The van der Waals surface area contributed by atoms with Crippen LogP contribution in [0.25, 0.3) is 5.69 Å². The molecular formula is C19H27ClN4O. The summed E-state index contributed by atoms with van der Waals surface area (Å²) < 4.78 is 1.83. The molecule has 0 spiro atoms. The van der Waals surface area contributed by atoms with E-state index in [2.05, 4.69) is 43.5 Å². The highest BCUT2D eigenvalue weighted by molar-refractivity contribution is 5.92. The third kappa shape index (κ3) is 4.22. The highest BCUT2D eigenvalue weighted by atomic mass is 35.5. The molecule has 2 heterocycles. The van der Waals surface area contributed by atoms with Gasteiger partial charge in [0.1, 0.15) is 5.82 Å². The Morgan fingerprint density at radius 2 is 1.88 bits per heavy atom. The minimum atomic E-state index is -0.00452. The second-order valence-corrected chi connectivity index (χ2v) is 7.05. The van der Waals surface area contributed by atoms with Crippen molar-refractivity contribution in [1.29, 1.82) is 0 Å². The minimum Gasteiger partial charge on any atom is -0.316 e. The molecule has 0 saturated carbocycles. The lowest BCUT2D eigenvalue weighted by atomic mass is 9.88. The van der Waals surface area contributed by atoms with Gasteiger partial charge >= 0.3 is 0 Å². The van der Waals surface area contributed by atoms with Gasteiger partial charge in [-0.05, 0) is 44.0 Å². The first-order valence-electron chi connectivity index (χ1n) is 8.64. The fourth-order valence-electron chi connectivity index (χ4n) is 2.77. The van der Waals surface area contributed by atoms with Crippen molar-refractivity contribution in [3.8, 4) is 5.69 Å². The van der Waals surface area contributed by atoms with E-state index in [9.17, 15) is 4.79 Å². The van der Waals surface area contributed by atoms with E-state index in [0.29, 0.717) is 11.8 Å². The number of hydrogen-bond donors (Lipinski definition) is 2. The molecule has 3 rings (SSSR count). The number of nitrogens with zero attached hydrogens (tertiary/aromatic N) is 2. The lowest BCUT2D eigenvalue weighted by Gasteiger charge is -2.31. The van der Waals surface area contributed by atoms with Gasteiger partial charge in [0.15, 0.2) is 0 Å². The van der Waals surface area contributed by atoms with E-state index >= 15 is 0 Å². The van der Waals surface area contributed by atoms with Gasteiger partial charge in [0.05, 0.1) is 11.4 Å². The number of benzene rings is 1. The number of carbonyl (C=O) groups is 1. The topological polar surface area (TPSA) is 59.0 Å². The third-order valence-electron chi connectivity index (χ3n) is 4.78. The van der Waals surface area contributed by atoms with Crippen LogP contribution in [0.4, 0.5) is 5.82 Å². The molecule has 25 heavy (non-hydrogen) atoms. The van der Waals surface area contributed by atoms with Crippen LogP contribution < -0.4 is 10.6 Å². The summed E-state index contributed by atoms with van der Waals surface area (Å²) in [5.74, 6) is 1.53. The summed E-state index contributed by atoms with van der Waals surface area (Å²) in [6, 6.07) is 10.2. The summed E-state index contributed by atoms with van der Waals surface area (Å²) in [5, 5.41) is 11.0. The Balaban J connectivity index is 0.00000225. The van der Waals surface area contributed by atoms with Crippen molar-refractivity contribution in [2.75, 3.05) is 18.4 Å². The van der Waals surface area contributed by atoms with E-state index in [4.69, 9.17) is 5.10 Å². The number of halogens is 1. The van der Waals surface area contributed by atoms with E-state index in [-0.39, 0.29) is 24.2 Å². The molecule has 1 amide bonds. The lowest BCUT2D eigenvalue weighted by Crippen LogP contribution is -2.48. The Labute approximate surface area is 155 Å². The molecule has 2 N–H and O–H groups in total. The Morgan fingerprint density at radius 3 is 2.40 bits per heavy atom. The summed E-state index contributed by atoms with van der Waals surface area (Å²) in [5.41, 5.74) is 3.14. The fraction of sp³-hybridized carbons (Fsp3) is 0.474. The zero-order valence-electron chi connectivity index (χ0n) is 15.2. The van der Waals surface area contributed by atoms with Crippen molar-refractivity contribution in [3.63, 3.8) is 0 Å². The van der Waals surface area contributed by atoms with Crippen molar-refractivity contribution < 1.29 is 4.79 Å². The zero-order valence-corrected chi connectivity index (χ0v) is 16.1. The standard InChI is InChI=1S/C19H26N4O.ClH/c1-12(2)17-9-18(21-19(24)14(4)15-10-20-11-15)23(22-17)16-7-5-13(3)6-8-16;/h5-9,12,14-15,20H,10-11H2,1-4H3,(H,21,24);1H. The van der Waals surface area contributed by atoms with Gasteiger partial charge in [-0.2, -0.15) is 5.10 Å². The number of amides is 1. The molecule has 0 radical (unpaired) electrons. The Kier molecular flexibility index (Phi) is 6.25. The van der Waals surface area contributed by atoms with Gasteiger partial charge in [0.25, 0.3) is 0 Å². The van der Waals surface area contributed by atoms with Gasteiger partial charge < -0.3 is 10.6 Å². The summed E-state index contributed by atoms with van der Waals surface area (Å²) in [6.45, 7) is 10.1. The SMILES string of the molecule is Cc1ccc(-n2nc(C(C)C)cc2NC(=O)C(C)C2CNC2)cc1.Cl. The van der Waals surface area contributed by atoms with Crippen LogP contribution in [0.1, 0.15) is 37.9 Å². The number of rotatable bonds is 5. The van der Waals surface area contributed by atoms with Gasteiger partial charge in [-0.3, -0.25) is 4.79 Å². The second kappa shape index (κ2) is 8.02. The molecule has 1 aromatic carbocycles. The molecular weight excluding hydrogens is 336 g/mol. The van der Waals surface area contributed by atoms with Gasteiger partial charge in [-0.25, -0.2) is 4.68 Å². The average Bonchev–Trinajstić information content (AvgIpc) is 2.90. The Bertz CT molecular complexity index is 720. The molecule has 2 aromatic rings. The minimum absolute atomic E-state index is 0. The highest BCUT2D eigenvalue weighted by Gasteiger charge is 2.29. The van der Waals surface area contributed by atoms with E-state index < -0.39 is 0 Å². The quantitative estimate of drug-likeness (QED) is 0.855. The molecule has 1 atom stereocenters. The van der Waals surface area contributed by atoms with Gasteiger partial charge in [-0.1, -0.05) is 38.5 Å². The summed E-state index contributed by atoms with van der Waals surface area (Å²) in [4.78, 5) is 12.6. The van der Waals surface area contributed by atoms with Crippen molar-refractivity contribution in [2.45, 2.75) is 33.6 Å². The number of nitrogens with one attached hydrogen (secondary N) is 2. The first-order valence-corrected chi connectivity index (χ1v) is 8.64. The van der Waals surface area contributed by atoms with Crippen LogP contribution in [0.3, 0.4) is 0 Å². The summed E-state index contributed by atoms with van der Waals surface area (Å²) in [6.07, 6.45) is 0. The van der Waals surface area contributed by atoms with Crippen molar-refractivity contribution in [3.05, 3.63) is 41.6 Å². The molecule has 1 aliphatic rings. The first-order chi connectivity index (χ1) is 11.5. The summed E-state index contributed by atoms with van der Waals surface area (Å²) >= 11 is 0. The monoisotopic (exact) mass is 362 g/mol. The predicted molar refractivity (Wildman–Crippen MR) is 104 cm³/mol. The van der Waals surface area contributed by atoms with Crippen LogP contribution in [0.15, 0.2) is 30.3 Å². The number of aromatic nitrogens is 2. The number of hydrogen-bond acceptors (Lipinski definition) is 3. The molecule has 1 saturated heterocycles. The van der Waals surface area contributed by atoms with E-state index in [1.807, 2.05) is 29.8 Å². The normalized spacial score (nSPS) is 15.4. The van der Waals surface area contributed by atoms with E-state index in [1.165, 1.54) is 5.56 Å². The van der Waals surface area contributed by atoms with Gasteiger partial charge in [0.2, 0.25) is 5.91 Å².